The van der Waals surface area contributed by atoms with Gasteiger partial charge in [0.2, 0.25) is 0 Å². The van der Waals surface area contributed by atoms with Gasteiger partial charge in [0.15, 0.2) is 0 Å². The van der Waals surface area contributed by atoms with Gasteiger partial charge in [-0.25, -0.2) is 4.39 Å². The number of methoxy groups -OCH3 is 1. The van der Waals surface area contributed by atoms with Crippen LogP contribution in [0.4, 0.5) is 4.39 Å². The van der Waals surface area contributed by atoms with Crippen LogP contribution in [0.25, 0.3) is 0 Å². The van der Waals surface area contributed by atoms with Gasteiger partial charge in [0.25, 0.3) is 0 Å². The molecule has 1 aromatic rings. The minimum atomic E-state index is -1.07. The van der Waals surface area contributed by atoms with E-state index in [1.807, 2.05) is 0 Å². The van der Waals surface area contributed by atoms with E-state index < -0.39 is 17.7 Å². The molecule has 0 radical (unpaired) electrons. The van der Waals surface area contributed by atoms with E-state index in [2.05, 4.69) is 0 Å². The summed E-state index contributed by atoms with van der Waals surface area (Å²) in [7, 11) is 1.40. The Bertz CT molecular complexity index is 388. The summed E-state index contributed by atoms with van der Waals surface area (Å²) in [4.78, 5) is 10.8. The van der Waals surface area contributed by atoms with E-state index >= 15 is 0 Å². The highest BCUT2D eigenvalue weighted by atomic mass is 19.1. The Morgan fingerprint density at radius 1 is 1.53 bits per heavy atom. The highest BCUT2D eigenvalue weighted by Gasteiger charge is 2.23. The fraction of sp³-hybridized carbons (Fsp3) is 0.364. The van der Waals surface area contributed by atoms with Crippen LogP contribution in [-0.4, -0.2) is 18.2 Å². The van der Waals surface area contributed by atoms with Gasteiger partial charge in [0.1, 0.15) is 11.6 Å². The molecule has 0 aliphatic rings. The number of rotatable bonds is 3. The predicted octanol–water partition coefficient (Wildman–Crippen LogP) is 2.33. The van der Waals surface area contributed by atoms with Crippen LogP contribution in [0, 0.1) is 12.7 Å². The molecule has 82 valence electrons. The molecule has 1 N–H and O–H groups in total. The summed E-state index contributed by atoms with van der Waals surface area (Å²) in [5, 5.41) is 8.85. The van der Waals surface area contributed by atoms with Crippen molar-refractivity contribution < 1.29 is 19.0 Å². The van der Waals surface area contributed by atoms with E-state index in [0.29, 0.717) is 5.75 Å². The third-order valence-corrected chi connectivity index (χ3v) is 2.35. The molecule has 1 unspecified atom stereocenters. The van der Waals surface area contributed by atoms with E-state index in [9.17, 15) is 9.18 Å². The summed E-state index contributed by atoms with van der Waals surface area (Å²) in [5.41, 5.74) is 0.826. The predicted molar refractivity (Wildman–Crippen MR) is 53.7 cm³/mol. The minimum absolute atomic E-state index is 0.102. The number of benzene rings is 1. The molecule has 1 atom stereocenters. The number of hydrogen-bond acceptors (Lipinski definition) is 2. The molecule has 0 bridgehead atoms. The van der Waals surface area contributed by atoms with Crippen molar-refractivity contribution in [2.24, 2.45) is 0 Å². The van der Waals surface area contributed by atoms with Crippen LogP contribution in [0.5, 0.6) is 5.75 Å². The molecule has 0 aliphatic heterocycles. The number of halogens is 1. The molecule has 1 aromatic carbocycles. The first-order valence-electron chi connectivity index (χ1n) is 4.54. The Kier molecular flexibility index (Phi) is 3.29. The lowest BCUT2D eigenvalue weighted by Crippen LogP contribution is -2.11. The maximum atomic E-state index is 13.5. The van der Waals surface area contributed by atoms with Crippen molar-refractivity contribution in [2.75, 3.05) is 7.11 Å². The number of ether oxygens (including phenoxy) is 1. The SMILES string of the molecule is COc1c(C)ccc(F)c1C(C)C(=O)O. The van der Waals surface area contributed by atoms with Crippen molar-refractivity contribution in [3.63, 3.8) is 0 Å². The first kappa shape index (κ1) is 11.5. The van der Waals surface area contributed by atoms with Gasteiger partial charge in [-0.05, 0) is 25.5 Å². The molecule has 0 aliphatic carbocycles. The smallest absolute Gasteiger partial charge is 0.310 e. The van der Waals surface area contributed by atoms with E-state index in [1.54, 1.807) is 13.0 Å². The minimum Gasteiger partial charge on any atom is -0.496 e. The molecule has 0 saturated carbocycles. The summed E-state index contributed by atoms with van der Waals surface area (Å²) in [6.45, 7) is 3.18. The lowest BCUT2D eigenvalue weighted by Gasteiger charge is -2.15. The van der Waals surface area contributed by atoms with Crippen molar-refractivity contribution in [1.82, 2.24) is 0 Å². The van der Waals surface area contributed by atoms with Crippen LogP contribution in [0.1, 0.15) is 24.0 Å². The number of aliphatic carboxylic acids is 1. The Labute approximate surface area is 87.5 Å². The van der Waals surface area contributed by atoms with Gasteiger partial charge < -0.3 is 9.84 Å². The van der Waals surface area contributed by atoms with Gasteiger partial charge in [0, 0.05) is 5.56 Å². The molecule has 0 heterocycles. The van der Waals surface area contributed by atoms with Gasteiger partial charge in [-0.1, -0.05) is 6.07 Å². The Hall–Kier alpha value is -1.58. The zero-order valence-electron chi connectivity index (χ0n) is 8.87. The Morgan fingerprint density at radius 3 is 2.60 bits per heavy atom. The average Bonchev–Trinajstić information content (AvgIpc) is 2.19. The highest BCUT2D eigenvalue weighted by molar-refractivity contribution is 5.77. The summed E-state index contributed by atoms with van der Waals surface area (Å²) in [6, 6.07) is 2.82. The quantitative estimate of drug-likeness (QED) is 0.836. The maximum absolute atomic E-state index is 13.5. The lowest BCUT2D eigenvalue weighted by molar-refractivity contribution is -0.138. The van der Waals surface area contributed by atoms with Crippen LogP contribution in [0.3, 0.4) is 0 Å². The van der Waals surface area contributed by atoms with Crippen LogP contribution in [-0.2, 0) is 4.79 Å². The second kappa shape index (κ2) is 4.29. The number of carboxylic acid groups (broad SMARTS) is 1. The number of carbonyl (C=O) groups is 1. The summed E-state index contributed by atoms with van der Waals surface area (Å²) < 4.78 is 18.5. The first-order chi connectivity index (χ1) is 6.99. The van der Waals surface area contributed by atoms with Crippen molar-refractivity contribution >= 4 is 5.97 Å². The molecule has 3 nitrogen and oxygen atoms in total. The Balaban J connectivity index is 3.37. The summed E-state index contributed by atoms with van der Waals surface area (Å²) in [6.07, 6.45) is 0. The molecular formula is C11H13FO3. The average molecular weight is 212 g/mol. The van der Waals surface area contributed by atoms with E-state index in [-0.39, 0.29) is 5.56 Å². The topological polar surface area (TPSA) is 46.5 Å². The molecule has 0 fully saturated rings. The number of hydrogen-bond donors (Lipinski definition) is 1. The molecule has 0 spiro atoms. The molecule has 0 amide bonds. The van der Waals surface area contributed by atoms with Gasteiger partial charge >= 0.3 is 5.97 Å². The highest BCUT2D eigenvalue weighted by Crippen LogP contribution is 2.32. The van der Waals surface area contributed by atoms with Gasteiger partial charge in [0.05, 0.1) is 13.0 Å². The largest absolute Gasteiger partial charge is 0.496 e. The third-order valence-electron chi connectivity index (χ3n) is 2.35. The van der Waals surface area contributed by atoms with Crippen molar-refractivity contribution in [3.8, 4) is 5.75 Å². The lowest BCUT2D eigenvalue weighted by atomic mass is 9.97. The third kappa shape index (κ3) is 2.09. The van der Waals surface area contributed by atoms with Gasteiger partial charge in [-0.3, -0.25) is 4.79 Å². The van der Waals surface area contributed by atoms with E-state index in [4.69, 9.17) is 9.84 Å². The fourth-order valence-electron chi connectivity index (χ4n) is 1.48. The van der Waals surface area contributed by atoms with Crippen LogP contribution >= 0.6 is 0 Å². The second-order valence-corrected chi connectivity index (χ2v) is 3.37. The van der Waals surface area contributed by atoms with Crippen LogP contribution in [0.2, 0.25) is 0 Å². The molecule has 0 aromatic heterocycles. The molecule has 15 heavy (non-hydrogen) atoms. The maximum Gasteiger partial charge on any atom is 0.310 e. The zero-order chi connectivity index (χ0) is 11.6. The standard InChI is InChI=1S/C11H13FO3/c1-6-4-5-8(12)9(10(6)15-3)7(2)11(13)14/h4-5,7H,1-3H3,(H,13,14). The number of aryl methyl sites for hydroxylation is 1. The van der Waals surface area contributed by atoms with Gasteiger partial charge in [-0.2, -0.15) is 0 Å². The number of carboxylic acids is 1. The van der Waals surface area contributed by atoms with E-state index in [0.717, 1.165) is 5.56 Å². The van der Waals surface area contributed by atoms with Crippen LogP contribution < -0.4 is 4.74 Å². The molecule has 4 heteroatoms. The zero-order valence-corrected chi connectivity index (χ0v) is 8.87. The summed E-state index contributed by atoms with van der Waals surface area (Å²) >= 11 is 0. The van der Waals surface area contributed by atoms with Crippen LogP contribution in [0.15, 0.2) is 12.1 Å². The van der Waals surface area contributed by atoms with Crippen molar-refractivity contribution in [3.05, 3.63) is 29.1 Å². The van der Waals surface area contributed by atoms with Gasteiger partial charge in [-0.15, -0.1) is 0 Å². The Morgan fingerprint density at radius 2 is 2.13 bits per heavy atom. The molecular weight excluding hydrogens is 199 g/mol. The van der Waals surface area contributed by atoms with E-state index in [1.165, 1.54) is 20.1 Å². The van der Waals surface area contributed by atoms with Crippen molar-refractivity contribution in [1.29, 1.82) is 0 Å². The van der Waals surface area contributed by atoms with Crippen molar-refractivity contribution in [2.45, 2.75) is 19.8 Å². The monoisotopic (exact) mass is 212 g/mol. The fourth-order valence-corrected chi connectivity index (χ4v) is 1.48. The molecule has 1 rings (SSSR count). The molecule has 0 saturated heterocycles. The first-order valence-corrected chi connectivity index (χ1v) is 4.54. The summed E-state index contributed by atoms with van der Waals surface area (Å²) in [5.74, 6) is -2.23. The second-order valence-electron chi connectivity index (χ2n) is 3.37. The normalized spacial score (nSPS) is 12.3.